The second kappa shape index (κ2) is 5.75. The number of aliphatic carboxylic acids is 1. The van der Waals surface area contributed by atoms with Crippen LogP contribution in [0, 0.1) is 18.3 Å². The number of aromatic nitrogens is 1. The standard InChI is InChI=1S/C11H11N3O4/c1-6-7(4-12)2-3-8(14-6)10(16)13-5-9(15)11(17)18/h2-3,9,15H,5H2,1H3,(H,13,16)(H,17,18)/t9-/m0/s1. The first-order chi connectivity index (χ1) is 8.45. The normalized spacial score (nSPS) is 11.4. The second-order valence-electron chi connectivity index (χ2n) is 3.51. The van der Waals surface area contributed by atoms with Crippen LogP contribution >= 0.6 is 0 Å². The zero-order valence-electron chi connectivity index (χ0n) is 9.54. The second-order valence-corrected chi connectivity index (χ2v) is 3.51. The molecule has 0 aliphatic rings. The minimum atomic E-state index is -1.66. The van der Waals surface area contributed by atoms with Crippen molar-refractivity contribution >= 4 is 11.9 Å². The van der Waals surface area contributed by atoms with Crippen molar-refractivity contribution in [2.24, 2.45) is 0 Å². The molecule has 18 heavy (non-hydrogen) atoms. The van der Waals surface area contributed by atoms with Crippen molar-refractivity contribution in [1.82, 2.24) is 10.3 Å². The van der Waals surface area contributed by atoms with E-state index in [-0.39, 0.29) is 5.69 Å². The Bertz CT molecular complexity index is 522. The van der Waals surface area contributed by atoms with E-state index in [1.54, 1.807) is 6.92 Å². The fourth-order valence-electron chi connectivity index (χ4n) is 1.17. The molecule has 0 spiro atoms. The zero-order chi connectivity index (χ0) is 13.7. The van der Waals surface area contributed by atoms with Gasteiger partial charge in [0.05, 0.1) is 17.8 Å². The number of pyridine rings is 1. The van der Waals surface area contributed by atoms with Gasteiger partial charge in [0.25, 0.3) is 5.91 Å². The minimum absolute atomic E-state index is 0.0593. The Morgan fingerprint density at radius 2 is 2.22 bits per heavy atom. The highest BCUT2D eigenvalue weighted by molar-refractivity contribution is 5.92. The zero-order valence-corrected chi connectivity index (χ0v) is 9.54. The summed E-state index contributed by atoms with van der Waals surface area (Å²) >= 11 is 0. The molecular weight excluding hydrogens is 238 g/mol. The molecule has 1 rings (SSSR count). The largest absolute Gasteiger partial charge is 0.479 e. The van der Waals surface area contributed by atoms with Gasteiger partial charge in [-0.1, -0.05) is 0 Å². The van der Waals surface area contributed by atoms with Crippen molar-refractivity contribution in [3.05, 3.63) is 29.1 Å². The van der Waals surface area contributed by atoms with Crippen LogP contribution in [-0.4, -0.2) is 39.7 Å². The Hall–Kier alpha value is -2.46. The average Bonchev–Trinajstić information content (AvgIpc) is 2.35. The first-order valence-electron chi connectivity index (χ1n) is 5.02. The van der Waals surface area contributed by atoms with E-state index < -0.39 is 24.5 Å². The van der Waals surface area contributed by atoms with E-state index in [0.29, 0.717) is 11.3 Å². The van der Waals surface area contributed by atoms with E-state index in [1.165, 1.54) is 12.1 Å². The summed E-state index contributed by atoms with van der Waals surface area (Å²) in [6.45, 7) is 1.18. The fraction of sp³-hybridized carbons (Fsp3) is 0.273. The predicted octanol–water partition coefficient (Wildman–Crippen LogP) is -0.563. The van der Waals surface area contributed by atoms with Gasteiger partial charge in [-0.2, -0.15) is 5.26 Å². The lowest BCUT2D eigenvalue weighted by molar-refractivity contribution is -0.146. The van der Waals surface area contributed by atoms with E-state index in [2.05, 4.69) is 10.3 Å². The summed E-state index contributed by atoms with van der Waals surface area (Å²) < 4.78 is 0. The van der Waals surface area contributed by atoms with Crippen LogP contribution in [0.4, 0.5) is 0 Å². The minimum Gasteiger partial charge on any atom is -0.479 e. The lowest BCUT2D eigenvalue weighted by Gasteiger charge is -2.07. The van der Waals surface area contributed by atoms with Gasteiger partial charge in [0, 0.05) is 0 Å². The van der Waals surface area contributed by atoms with Gasteiger partial charge in [-0.15, -0.1) is 0 Å². The molecule has 0 bridgehead atoms. The molecule has 0 aliphatic carbocycles. The number of rotatable bonds is 4. The van der Waals surface area contributed by atoms with Crippen LogP contribution in [0.2, 0.25) is 0 Å². The Morgan fingerprint density at radius 1 is 1.56 bits per heavy atom. The quantitative estimate of drug-likeness (QED) is 0.657. The van der Waals surface area contributed by atoms with Gasteiger partial charge in [0.15, 0.2) is 6.10 Å². The maximum atomic E-state index is 11.6. The summed E-state index contributed by atoms with van der Waals surface area (Å²) in [5.41, 5.74) is 0.824. The number of aryl methyl sites for hydroxylation is 1. The SMILES string of the molecule is Cc1nc(C(=O)NC[C@H](O)C(=O)O)ccc1C#N. The van der Waals surface area contributed by atoms with E-state index in [9.17, 15) is 9.59 Å². The van der Waals surface area contributed by atoms with Gasteiger partial charge in [0.2, 0.25) is 0 Å². The number of amides is 1. The maximum absolute atomic E-state index is 11.6. The molecule has 0 radical (unpaired) electrons. The van der Waals surface area contributed by atoms with Gasteiger partial charge in [0.1, 0.15) is 11.8 Å². The van der Waals surface area contributed by atoms with Gasteiger partial charge >= 0.3 is 5.97 Å². The molecule has 1 aromatic rings. The molecule has 1 aromatic heterocycles. The number of aliphatic hydroxyl groups is 1. The Kier molecular flexibility index (Phi) is 4.34. The molecule has 1 atom stereocenters. The van der Waals surface area contributed by atoms with Crippen LogP contribution in [0.5, 0.6) is 0 Å². The average molecular weight is 249 g/mol. The van der Waals surface area contributed by atoms with Crippen molar-refractivity contribution in [2.45, 2.75) is 13.0 Å². The number of nitriles is 1. The Labute approximate surface area is 103 Å². The maximum Gasteiger partial charge on any atom is 0.334 e. The molecule has 7 nitrogen and oxygen atoms in total. The smallest absolute Gasteiger partial charge is 0.334 e. The summed E-state index contributed by atoms with van der Waals surface area (Å²) in [5.74, 6) is -2.03. The summed E-state index contributed by atoms with van der Waals surface area (Å²) in [6.07, 6.45) is -1.66. The number of aliphatic hydroxyl groups excluding tert-OH is 1. The van der Waals surface area contributed by atoms with Crippen LogP contribution in [0.1, 0.15) is 21.7 Å². The number of carboxylic acids is 1. The van der Waals surface area contributed by atoms with Crippen molar-refractivity contribution in [2.75, 3.05) is 6.54 Å². The lowest BCUT2D eigenvalue weighted by Crippen LogP contribution is -2.36. The van der Waals surface area contributed by atoms with Crippen LogP contribution in [0.15, 0.2) is 12.1 Å². The number of hydrogen-bond acceptors (Lipinski definition) is 5. The molecule has 0 unspecified atom stereocenters. The van der Waals surface area contributed by atoms with Crippen molar-refractivity contribution < 1.29 is 19.8 Å². The molecule has 0 saturated carbocycles. The van der Waals surface area contributed by atoms with E-state index in [0.717, 1.165) is 0 Å². The van der Waals surface area contributed by atoms with Crippen molar-refractivity contribution in [1.29, 1.82) is 5.26 Å². The molecule has 7 heteroatoms. The molecular formula is C11H11N3O4. The molecule has 0 aliphatic heterocycles. The third kappa shape index (κ3) is 3.26. The van der Waals surface area contributed by atoms with Crippen LogP contribution in [0.3, 0.4) is 0 Å². The van der Waals surface area contributed by atoms with Crippen LogP contribution < -0.4 is 5.32 Å². The molecule has 0 fully saturated rings. The summed E-state index contributed by atoms with van der Waals surface area (Å²) in [6, 6.07) is 4.72. The van der Waals surface area contributed by atoms with E-state index in [1.807, 2.05) is 6.07 Å². The lowest BCUT2D eigenvalue weighted by atomic mass is 10.2. The van der Waals surface area contributed by atoms with Gasteiger partial charge in [-0.25, -0.2) is 9.78 Å². The number of nitrogens with zero attached hydrogens (tertiary/aromatic N) is 2. The highest BCUT2D eigenvalue weighted by Gasteiger charge is 2.15. The molecule has 1 amide bonds. The van der Waals surface area contributed by atoms with Gasteiger partial charge in [-0.3, -0.25) is 4.79 Å². The molecule has 94 valence electrons. The highest BCUT2D eigenvalue weighted by Crippen LogP contribution is 2.05. The van der Waals surface area contributed by atoms with Gasteiger partial charge in [-0.05, 0) is 19.1 Å². The summed E-state index contributed by atoms with van der Waals surface area (Å²) in [7, 11) is 0. The Balaban J connectivity index is 2.71. The van der Waals surface area contributed by atoms with Crippen LogP contribution in [0.25, 0.3) is 0 Å². The topological polar surface area (TPSA) is 123 Å². The van der Waals surface area contributed by atoms with Crippen molar-refractivity contribution in [3.8, 4) is 6.07 Å². The summed E-state index contributed by atoms with van der Waals surface area (Å²) in [5, 5.41) is 28.3. The third-order valence-electron chi connectivity index (χ3n) is 2.18. The predicted molar refractivity (Wildman–Crippen MR) is 59.7 cm³/mol. The number of carbonyl (C=O) groups is 2. The number of nitrogens with one attached hydrogen (secondary N) is 1. The Morgan fingerprint density at radius 3 is 2.72 bits per heavy atom. The first-order valence-corrected chi connectivity index (χ1v) is 5.02. The highest BCUT2D eigenvalue weighted by atomic mass is 16.4. The van der Waals surface area contributed by atoms with E-state index >= 15 is 0 Å². The number of hydrogen-bond donors (Lipinski definition) is 3. The molecule has 0 saturated heterocycles. The number of carbonyl (C=O) groups excluding carboxylic acids is 1. The summed E-state index contributed by atoms with van der Waals surface area (Å²) in [4.78, 5) is 25.8. The van der Waals surface area contributed by atoms with Gasteiger partial charge < -0.3 is 15.5 Å². The van der Waals surface area contributed by atoms with Crippen molar-refractivity contribution in [3.63, 3.8) is 0 Å². The van der Waals surface area contributed by atoms with Crippen LogP contribution in [-0.2, 0) is 4.79 Å². The first kappa shape index (κ1) is 13.6. The third-order valence-corrected chi connectivity index (χ3v) is 2.18. The van der Waals surface area contributed by atoms with E-state index in [4.69, 9.17) is 15.5 Å². The molecule has 3 N–H and O–H groups in total. The fourth-order valence-corrected chi connectivity index (χ4v) is 1.17. The molecule has 0 aromatic carbocycles. The number of carboxylic acid groups (broad SMARTS) is 1. The molecule has 1 heterocycles. The monoisotopic (exact) mass is 249 g/mol.